The van der Waals surface area contributed by atoms with E-state index in [4.69, 9.17) is 4.99 Å². The predicted octanol–water partition coefficient (Wildman–Crippen LogP) is 6.88. The van der Waals surface area contributed by atoms with Crippen LogP contribution in [-0.2, 0) is 0 Å². The van der Waals surface area contributed by atoms with Crippen molar-refractivity contribution in [1.29, 1.82) is 0 Å². The quantitative estimate of drug-likeness (QED) is 0.481. The number of hydrogen-bond donors (Lipinski definition) is 1. The van der Waals surface area contributed by atoms with E-state index >= 15 is 0 Å². The van der Waals surface area contributed by atoms with E-state index in [0.29, 0.717) is 12.6 Å². The van der Waals surface area contributed by atoms with Crippen LogP contribution in [0.5, 0.6) is 0 Å². The molecule has 3 heteroatoms. The van der Waals surface area contributed by atoms with Crippen molar-refractivity contribution in [3.05, 3.63) is 41.5 Å². The topological polar surface area (TPSA) is 24.4 Å². The zero-order chi connectivity index (χ0) is 18.8. The van der Waals surface area contributed by atoms with E-state index in [-0.39, 0.29) is 0 Å². The Morgan fingerprint density at radius 1 is 1.04 bits per heavy atom. The molecule has 1 aliphatic rings. The Bertz CT molecular complexity index is 583. The molecule has 1 N–H and O–H groups in total. The van der Waals surface area contributed by atoms with Gasteiger partial charge in [-0.1, -0.05) is 71.4 Å². The van der Waals surface area contributed by atoms with Crippen molar-refractivity contribution in [1.82, 2.24) is 0 Å². The van der Waals surface area contributed by atoms with Crippen LogP contribution >= 0.6 is 0 Å². The molecule has 0 saturated heterocycles. The fraction of sp³-hybridized carbons (Fsp3) is 0.609. The zero-order valence-corrected chi connectivity index (χ0v) is 17.4. The first-order chi connectivity index (χ1) is 12.7. The van der Waals surface area contributed by atoms with Crippen LogP contribution in [0.1, 0.15) is 66.2 Å². The molecule has 0 atom stereocenters. The van der Waals surface area contributed by atoms with Crippen molar-refractivity contribution in [2.45, 2.75) is 78.9 Å². The minimum Gasteiger partial charge on any atom is -0.367 e. The Morgan fingerprint density at radius 2 is 1.69 bits per heavy atom. The third-order valence-corrected chi connectivity index (χ3v) is 5.15. The van der Waals surface area contributed by atoms with Gasteiger partial charge in [-0.25, -0.2) is 0 Å². The summed E-state index contributed by atoms with van der Waals surface area (Å²) in [7, 11) is 0. The normalized spacial score (nSPS) is 18.3. The largest absolute Gasteiger partial charge is 0.367 e. The van der Waals surface area contributed by atoms with Gasteiger partial charge in [0.15, 0.2) is 6.71 Å². The van der Waals surface area contributed by atoms with E-state index < -0.39 is 0 Å². The van der Waals surface area contributed by atoms with Crippen LogP contribution in [0.15, 0.2) is 46.5 Å². The molecule has 2 rings (SSSR count). The number of nitrogens with zero attached hydrogens (tertiary/aromatic N) is 1. The molecule has 0 radical (unpaired) electrons. The van der Waals surface area contributed by atoms with Crippen LogP contribution in [0.25, 0.3) is 0 Å². The second kappa shape index (κ2) is 11.3. The highest BCUT2D eigenvalue weighted by Gasteiger charge is 2.25. The Kier molecular flexibility index (Phi) is 9.01. The number of nitrogens with one attached hydrogen (secondary N) is 1. The summed E-state index contributed by atoms with van der Waals surface area (Å²) in [5, 5.41) is 3.83. The van der Waals surface area contributed by atoms with Crippen LogP contribution in [0.3, 0.4) is 0 Å². The molecule has 0 aromatic heterocycles. The lowest BCUT2D eigenvalue weighted by Crippen LogP contribution is -2.27. The summed E-state index contributed by atoms with van der Waals surface area (Å²) in [6.45, 7) is 10.7. The first-order valence-corrected chi connectivity index (χ1v) is 10.7. The Balaban J connectivity index is 2.43. The van der Waals surface area contributed by atoms with Crippen molar-refractivity contribution in [3.63, 3.8) is 0 Å². The number of anilines is 1. The average Bonchev–Trinajstić information content (AvgIpc) is 2.65. The molecule has 0 unspecified atom stereocenters. The van der Waals surface area contributed by atoms with Gasteiger partial charge in [0, 0.05) is 17.9 Å². The SMILES string of the molecule is CCCB(CCC)/C(Nc1ccccc1)=C1/CCCCC1=NCC(C)C. The van der Waals surface area contributed by atoms with Crippen molar-refractivity contribution < 1.29 is 0 Å². The number of hydrogen-bond acceptors (Lipinski definition) is 2. The molecule has 0 amide bonds. The van der Waals surface area contributed by atoms with Gasteiger partial charge in [-0.05, 0) is 54.9 Å². The summed E-state index contributed by atoms with van der Waals surface area (Å²) < 4.78 is 0. The third-order valence-electron chi connectivity index (χ3n) is 5.15. The van der Waals surface area contributed by atoms with E-state index in [1.165, 1.54) is 67.3 Å². The Labute approximate surface area is 161 Å². The second-order valence-electron chi connectivity index (χ2n) is 8.05. The van der Waals surface area contributed by atoms with Crippen LogP contribution in [0.2, 0.25) is 12.6 Å². The lowest BCUT2D eigenvalue weighted by molar-refractivity contribution is 0.656. The third kappa shape index (κ3) is 6.34. The fourth-order valence-electron chi connectivity index (χ4n) is 3.88. The van der Waals surface area contributed by atoms with Gasteiger partial charge in [-0.3, -0.25) is 4.99 Å². The highest BCUT2D eigenvalue weighted by atomic mass is 14.9. The molecule has 0 heterocycles. The van der Waals surface area contributed by atoms with Gasteiger partial charge in [0.05, 0.1) is 0 Å². The van der Waals surface area contributed by atoms with Gasteiger partial charge in [0.2, 0.25) is 0 Å². The molecule has 1 aromatic carbocycles. The van der Waals surface area contributed by atoms with E-state index in [9.17, 15) is 0 Å². The maximum absolute atomic E-state index is 5.05. The standard InChI is InChI=1S/C23H37BN2/c1-5-16-24(17-6-2)23(26-20-12-8-7-9-13-20)21-14-10-11-15-22(21)25-18-19(3)4/h7-9,12-13,19,26H,5-6,10-11,14-18H2,1-4H3/b23-21+,25-22?. The summed E-state index contributed by atoms with van der Waals surface area (Å²) in [5.74, 6) is 0.623. The molecule has 0 bridgehead atoms. The maximum atomic E-state index is 5.05. The van der Waals surface area contributed by atoms with Crippen molar-refractivity contribution in [2.24, 2.45) is 10.9 Å². The van der Waals surface area contributed by atoms with Crippen molar-refractivity contribution in [2.75, 3.05) is 11.9 Å². The number of benzene rings is 1. The van der Waals surface area contributed by atoms with Crippen molar-refractivity contribution in [3.8, 4) is 0 Å². The minimum absolute atomic E-state index is 0.613. The van der Waals surface area contributed by atoms with E-state index in [2.05, 4.69) is 63.3 Å². The average molecular weight is 352 g/mol. The monoisotopic (exact) mass is 352 g/mol. The Hall–Kier alpha value is -1.51. The summed E-state index contributed by atoms with van der Waals surface area (Å²) in [4.78, 5) is 5.05. The highest BCUT2D eigenvalue weighted by Crippen LogP contribution is 2.29. The van der Waals surface area contributed by atoms with E-state index in [1.807, 2.05) is 0 Å². The highest BCUT2D eigenvalue weighted by molar-refractivity contribution is 6.68. The minimum atomic E-state index is 0.613. The summed E-state index contributed by atoms with van der Waals surface area (Å²) >= 11 is 0. The van der Waals surface area contributed by atoms with Gasteiger partial charge < -0.3 is 5.32 Å². The number of para-hydroxylation sites is 1. The molecule has 1 aromatic rings. The molecular weight excluding hydrogens is 315 g/mol. The summed E-state index contributed by atoms with van der Waals surface area (Å²) in [6, 6.07) is 10.7. The van der Waals surface area contributed by atoms with Gasteiger partial charge in [0.1, 0.15) is 0 Å². The molecule has 1 aliphatic carbocycles. The number of allylic oxidation sites excluding steroid dienone is 1. The molecule has 0 spiro atoms. The molecule has 1 fully saturated rings. The predicted molar refractivity (Wildman–Crippen MR) is 119 cm³/mol. The fourth-order valence-corrected chi connectivity index (χ4v) is 3.88. The summed E-state index contributed by atoms with van der Waals surface area (Å²) in [6.07, 6.45) is 9.87. The Morgan fingerprint density at radius 3 is 2.31 bits per heavy atom. The maximum Gasteiger partial charge on any atom is 0.197 e. The molecule has 0 aliphatic heterocycles. The molecule has 142 valence electrons. The van der Waals surface area contributed by atoms with Crippen LogP contribution in [0, 0.1) is 5.92 Å². The lowest BCUT2D eigenvalue weighted by Gasteiger charge is -2.27. The number of rotatable bonds is 9. The first-order valence-electron chi connectivity index (χ1n) is 10.7. The molecular formula is C23H37BN2. The van der Waals surface area contributed by atoms with Crippen LogP contribution < -0.4 is 5.32 Å². The van der Waals surface area contributed by atoms with Gasteiger partial charge in [-0.2, -0.15) is 0 Å². The number of aliphatic imine (C=N–C) groups is 1. The van der Waals surface area contributed by atoms with Gasteiger partial charge in [-0.15, -0.1) is 0 Å². The van der Waals surface area contributed by atoms with Crippen LogP contribution in [-0.4, -0.2) is 19.0 Å². The zero-order valence-electron chi connectivity index (χ0n) is 17.4. The second-order valence-corrected chi connectivity index (χ2v) is 8.05. The molecule has 26 heavy (non-hydrogen) atoms. The van der Waals surface area contributed by atoms with Crippen molar-refractivity contribution >= 4 is 18.1 Å². The smallest absolute Gasteiger partial charge is 0.197 e. The molecule has 2 nitrogen and oxygen atoms in total. The van der Waals surface area contributed by atoms with E-state index in [0.717, 1.165) is 13.0 Å². The lowest BCUT2D eigenvalue weighted by atomic mass is 9.40. The van der Waals surface area contributed by atoms with E-state index in [1.54, 1.807) is 0 Å². The van der Waals surface area contributed by atoms with Crippen LogP contribution in [0.4, 0.5) is 5.69 Å². The summed E-state index contributed by atoms with van der Waals surface area (Å²) in [5.41, 5.74) is 5.57. The first kappa shape index (κ1) is 20.8. The van der Waals surface area contributed by atoms with Gasteiger partial charge >= 0.3 is 0 Å². The molecule has 1 saturated carbocycles. The van der Waals surface area contributed by atoms with Gasteiger partial charge in [0.25, 0.3) is 0 Å².